The Kier molecular flexibility index (Phi) is 3.54. The zero-order valence-electron chi connectivity index (χ0n) is 10.8. The summed E-state index contributed by atoms with van der Waals surface area (Å²) in [5.41, 5.74) is 0.767. The molecule has 7 heteroatoms. The first kappa shape index (κ1) is 14.2. The Bertz CT molecular complexity index is 778. The molecule has 0 spiro atoms. The fraction of sp³-hybridized carbons (Fsp3) is 0.214. The van der Waals surface area contributed by atoms with Crippen molar-refractivity contribution in [2.45, 2.75) is 16.7 Å². The Morgan fingerprint density at radius 2 is 1.95 bits per heavy atom. The number of halogens is 1. The maximum Gasteiger partial charge on any atom is 0.338 e. The standard InChI is InChI=1S/C14H11FO4S2/c15-10-3-1-9(2-4-10)13(16)19-12-6-8-21(17,18)14-11(12)5-7-20-14/h1-5,7,12H,6,8H2/t12-/m1/s1. The molecule has 1 aromatic carbocycles. The van der Waals surface area contributed by atoms with Crippen LogP contribution >= 0.6 is 11.3 Å². The lowest BCUT2D eigenvalue weighted by Gasteiger charge is -2.22. The maximum atomic E-state index is 12.8. The van der Waals surface area contributed by atoms with Gasteiger partial charge in [-0.2, -0.15) is 0 Å². The number of thiophene rings is 1. The highest BCUT2D eigenvalue weighted by molar-refractivity contribution is 7.93. The third kappa shape index (κ3) is 2.71. The Labute approximate surface area is 125 Å². The van der Waals surface area contributed by atoms with Gasteiger partial charge in [-0.3, -0.25) is 0 Å². The lowest BCUT2D eigenvalue weighted by atomic mass is 10.1. The second-order valence-electron chi connectivity index (χ2n) is 4.67. The lowest BCUT2D eigenvalue weighted by molar-refractivity contribution is 0.0280. The summed E-state index contributed by atoms with van der Waals surface area (Å²) >= 11 is 1.13. The van der Waals surface area contributed by atoms with E-state index < -0.39 is 27.7 Å². The van der Waals surface area contributed by atoms with Gasteiger partial charge in [-0.1, -0.05) is 0 Å². The van der Waals surface area contributed by atoms with E-state index in [1.54, 1.807) is 11.4 Å². The van der Waals surface area contributed by atoms with Gasteiger partial charge in [0.2, 0.25) is 0 Å². The first-order chi connectivity index (χ1) is 9.97. The molecule has 0 unspecified atom stereocenters. The molecule has 1 atom stereocenters. The van der Waals surface area contributed by atoms with Gasteiger partial charge in [0.1, 0.15) is 16.1 Å². The lowest BCUT2D eigenvalue weighted by Crippen LogP contribution is -2.22. The molecule has 0 radical (unpaired) electrons. The second kappa shape index (κ2) is 5.23. The van der Waals surface area contributed by atoms with Crippen molar-refractivity contribution < 1.29 is 22.3 Å². The predicted octanol–water partition coefficient (Wildman–Crippen LogP) is 2.96. The molecule has 3 rings (SSSR count). The van der Waals surface area contributed by atoms with Crippen LogP contribution in [-0.2, 0) is 14.6 Å². The van der Waals surface area contributed by atoms with E-state index in [-0.39, 0.29) is 21.9 Å². The molecule has 2 heterocycles. The summed E-state index contributed by atoms with van der Waals surface area (Å²) in [6, 6.07) is 6.70. The van der Waals surface area contributed by atoms with E-state index in [9.17, 15) is 17.6 Å². The molecule has 0 aliphatic carbocycles. The zero-order valence-corrected chi connectivity index (χ0v) is 12.4. The van der Waals surface area contributed by atoms with E-state index in [2.05, 4.69) is 0 Å². The van der Waals surface area contributed by atoms with Gasteiger partial charge in [-0.05, 0) is 35.7 Å². The molecule has 21 heavy (non-hydrogen) atoms. The van der Waals surface area contributed by atoms with Crippen molar-refractivity contribution in [1.29, 1.82) is 0 Å². The highest BCUT2D eigenvalue weighted by atomic mass is 32.2. The number of carbonyl (C=O) groups is 1. The van der Waals surface area contributed by atoms with Gasteiger partial charge in [0, 0.05) is 12.0 Å². The number of fused-ring (bicyclic) bond motifs is 1. The Morgan fingerprint density at radius 3 is 2.67 bits per heavy atom. The summed E-state index contributed by atoms with van der Waals surface area (Å²) in [5, 5.41) is 1.67. The van der Waals surface area contributed by atoms with E-state index in [1.165, 1.54) is 24.3 Å². The topological polar surface area (TPSA) is 60.4 Å². The highest BCUT2D eigenvalue weighted by Crippen LogP contribution is 2.38. The first-order valence-electron chi connectivity index (χ1n) is 6.24. The van der Waals surface area contributed by atoms with E-state index in [0.29, 0.717) is 5.56 Å². The molecule has 4 nitrogen and oxygen atoms in total. The van der Waals surface area contributed by atoms with Gasteiger partial charge in [-0.25, -0.2) is 17.6 Å². The van der Waals surface area contributed by atoms with Crippen LogP contribution in [0.15, 0.2) is 39.9 Å². The smallest absolute Gasteiger partial charge is 0.338 e. The van der Waals surface area contributed by atoms with Crippen molar-refractivity contribution in [2.75, 3.05) is 5.75 Å². The molecule has 0 saturated heterocycles. The molecule has 110 valence electrons. The van der Waals surface area contributed by atoms with Crippen LogP contribution in [0.1, 0.15) is 28.4 Å². The number of esters is 1. The Hall–Kier alpha value is -1.73. The molecule has 0 fully saturated rings. The number of hydrogen-bond donors (Lipinski definition) is 0. The fourth-order valence-corrected chi connectivity index (χ4v) is 5.16. The van der Waals surface area contributed by atoms with Crippen molar-refractivity contribution in [2.24, 2.45) is 0 Å². The SMILES string of the molecule is O=C(O[C@@H]1CCS(=O)(=O)c2sccc21)c1ccc(F)cc1. The molecular formula is C14H11FO4S2. The average molecular weight is 326 g/mol. The summed E-state index contributed by atoms with van der Waals surface area (Å²) in [4.78, 5) is 12.0. The van der Waals surface area contributed by atoms with Crippen LogP contribution < -0.4 is 0 Å². The van der Waals surface area contributed by atoms with Crippen LogP contribution in [-0.4, -0.2) is 20.1 Å². The van der Waals surface area contributed by atoms with Crippen LogP contribution in [0.25, 0.3) is 0 Å². The minimum Gasteiger partial charge on any atom is -0.454 e. The molecule has 1 aliphatic rings. The average Bonchev–Trinajstić information content (AvgIpc) is 2.94. The molecule has 1 aromatic heterocycles. The summed E-state index contributed by atoms with van der Waals surface area (Å²) in [5.74, 6) is -1.06. The van der Waals surface area contributed by atoms with Gasteiger partial charge < -0.3 is 4.74 Å². The largest absolute Gasteiger partial charge is 0.454 e. The van der Waals surface area contributed by atoms with Gasteiger partial charge in [0.25, 0.3) is 0 Å². The minimum atomic E-state index is -3.26. The molecule has 0 saturated carbocycles. The summed E-state index contributed by atoms with van der Waals surface area (Å²) in [7, 11) is -3.26. The maximum absolute atomic E-state index is 12.8. The number of benzene rings is 1. The monoisotopic (exact) mass is 326 g/mol. The molecule has 2 aromatic rings. The van der Waals surface area contributed by atoms with E-state index in [4.69, 9.17) is 4.74 Å². The third-order valence-corrected chi connectivity index (χ3v) is 6.61. The third-order valence-electron chi connectivity index (χ3n) is 3.27. The van der Waals surface area contributed by atoms with E-state index in [0.717, 1.165) is 11.3 Å². The first-order valence-corrected chi connectivity index (χ1v) is 8.77. The second-order valence-corrected chi connectivity index (χ2v) is 7.89. The molecular weight excluding hydrogens is 315 g/mol. The van der Waals surface area contributed by atoms with Crippen molar-refractivity contribution in [3.8, 4) is 0 Å². The number of rotatable bonds is 2. The Balaban J connectivity index is 1.84. The van der Waals surface area contributed by atoms with Crippen LogP contribution in [0.3, 0.4) is 0 Å². The van der Waals surface area contributed by atoms with Crippen molar-refractivity contribution in [1.82, 2.24) is 0 Å². The van der Waals surface area contributed by atoms with Gasteiger partial charge in [-0.15, -0.1) is 11.3 Å². The molecule has 0 N–H and O–H groups in total. The fourth-order valence-electron chi connectivity index (χ4n) is 2.21. The minimum absolute atomic E-state index is 0.0398. The Morgan fingerprint density at radius 1 is 1.24 bits per heavy atom. The zero-order chi connectivity index (χ0) is 15.0. The quantitative estimate of drug-likeness (QED) is 0.796. The molecule has 1 aliphatic heterocycles. The van der Waals surface area contributed by atoms with Crippen LogP contribution in [0.4, 0.5) is 4.39 Å². The number of carbonyl (C=O) groups excluding carboxylic acids is 1. The van der Waals surface area contributed by atoms with Gasteiger partial charge in [0.05, 0.1) is 11.3 Å². The normalized spacial score (nSPS) is 19.8. The van der Waals surface area contributed by atoms with Crippen molar-refractivity contribution >= 4 is 27.1 Å². The highest BCUT2D eigenvalue weighted by Gasteiger charge is 2.33. The summed E-state index contributed by atoms with van der Waals surface area (Å²) < 4.78 is 42.3. The van der Waals surface area contributed by atoms with Crippen LogP contribution in [0.5, 0.6) is 0 Å². The summed E-state index contributed by atoms with van der Waals surface area (Å²) in [6.07, 6.45) is -0.341. The van der Waals surface area contributed by atoms with Crippen LogP contribution in [0.2, 0.25) is 0 Å². The van der Waals surface area contributed by atoms with Crippen LogP contribution in [0, 0.1) is 5.82 Å². The van der Waals surface area contributed by atoms with E-state index in [1.807, 2.05) is 0 Å². The summed E-state index contributed by atoms with van der Waals surface area (Å²) in [6.45, 7) is 0. The van der Waals surface area contributed by atoms with Crippen molar-refractivity contribution in [3.05, 3.63) is 52.7 Å². The number of ether oxygens (including phenoxy) is 1. The van der Waals surface area contributed by atoms with E-state index >= 15 is 0 Å². The van der Waals surface area contributed by atoms with Gasteiger partial charge in [0.15, 0.2) is 9.84 Å². The predicted molar refractivity (Wildman–Crippen MR) is 75.5 cm³/mol. The van der Waals surface area contributed by atoms with Gasteiger partial charge >= 0.3 is 5.97 Å². The number of sulfone groups is 1. The van der Waals surface area contributed by atoms with Crippen molar-refractivity contribution in [3.63, 3.8) is 0 Å². The number of hydrogen-bond acceptors (Lipinski definition) is 5. The molecule has 0 bridgehead atoms. The molecule has 0 amide bonds.